The Hall–Kier alpha value is -1.09. The summed E-state index contributed by atoms with van der Waals surface area (Å²) in [6.07, 6.45) is 0.898. The molecule has 2 aromatic rings. The number of benzene rings is 2. The molecule has 0 radical (unpaired) electrons. The van der Waals surface area contributed by atoms with Gasteiger partial charge in [0, 0.05) is 17.1 Å². The monoisotopic (exact) mass is 311 g/mol. The minimum absolute atomic E-state index is 0. The van der Waals surface area contributed by atoms with Crippen molar-refractivity contribution >= 4 is 24.0 Å². The Morgan fingerprint density at radius 1 is 1.15 bits per heavy atom. The van der Waals surface area contributed by atoms with Crippen LogP contribution in [0, 0.1) is 12.7 Å². The zero-order chi connectivity index (χ0) is 13.4. The molecule has 4 heteroatoms. The number of nitrogens with one attached hydrogen (secondary N) is 1. The number of fused-ring (bicyclic) bond motifs is 1. The first-order chi connectivity index (χ1) is 9.18. The van der Waals surface area contributed by atoms with E-state index in [-0.39, 0.29) is 18.2 Å². The third-order valence-corrected chi connectivity index (χ3v) is 4.07. The quantitative estimate of drug-likeness (QED) is 0.816. The van der Waals surface area contributed by atoms with Crippen molar-refractivity contribution in [3.63, 3.8) is 0 Å². The highest BCUT2D eigenvalue weighted by Crippen LogP contribution is 2.35. The van der Waals surface area contributed by atoms with E-state index >= 15 is 0 Å². The van der Waals surface area contributed by atoms with Crippen LogP contribution in [0.4, 0.5) is 4.39 Å². The first-order valence-corrected chi connectivity index (χ1v) is 6.82. The topological polar surface area (TPSA) is 12.0 Å². The molecule has 0 fully saturated rings. The van der Waals surface area contributed by atoms with Crippen LogP contribution in [0.5, 0.6) is 0 Å². The van der Waals surface area contributed by atoms with Crippen molar-refractivity contribution in [2.75, 3.05) is 6.54 Å². The number of hydrogen-bond acceptors (Lipinski definition) is 1. The fourth-order valence-corrected chi connectivity index (χ4v) is 3.04. The summed E-state index contributed by atoms with van der Waals surface area (Å²) >= 11 is 6.26. The molecular weight excluding hydrogens is 296 g/mol. The molecule has 2 aromatic carbocycles. The standard InChI is InChI=1S/C16H15ClFN.ClH/c1-10-3-2-4-15(18)16(10)12-5-6-14(17)11-7-8-19-9-13(11)12;/h2-6,19H,7-9H2,1H3;1H. The molecule has 0 atom stereocenters. The molecule has 0 spiro atoms. The van der Waals surface area contributed by atoms with Crippen LogP contribution >= 0.6 is 24.0 Å². The van der Waals surface area contributed by atoms with E-state index in [1.807, 2.05) is 25.1 Å². The van der Waals surface area contributed by atoms with Crippen LogP contribution < -0.4 is 5.32 Å². The normalized spacial score (nSPS) is 13.6. The third-order valence-electron chi connectivity index (χ3n) is 3.72. The number of rotatable bonds is 1. The molecule has 1 aliphatic heterocycles. The molecule has 0 saturated heterocycles. The average Bonchev–Trinajstić information content (AvgIpc) is 2.41. The summed E-state index contributed by atoms with van der Waals surface area (Å²) in [5, 5.41) is 4.12. The number of halogens is 3. The van der Waals surface area contributed by atoms with Gasteiger partial charge < -0.3 is 5.32 Å². The van der Waals surface area contributed by atoms with Gasteiger partial charge in [0.1, 0.15) is 5.82 Å². The van der Waals surface area contributed by atoms with Gasteiger partial charge in [-0.2, -0.15) is 0 Å². The van der Waals surface area contributed by atoms with Crippen molar-refractivity contribution < 1.29 is 4.39 Å². The maximum absolute atomic E-state index is 14.2. The summed E-state index contributed by atoms with van der Waals surface area (Å²) in [6.45, 7) is 3.61. The first-order valence-electron chi connectivity index (χ1n) is 6.45. The van der Waals surface area contributed by atoms with E-state index in [0.717, 1.165) is 46.8 Å². The fourth-order valence-electron chi connectivity index (χ4n) is 2.77. The average molecular weight is 312 g/mol. The lowest BCUT2D eigenvalue weighted by Gasteiger charge is -2.22. The van der Waals surface area contributed by atoms with Crippen molar-refractivity contribution in [3.8, 4) is 11.1 Å². The Bertz CT molecular complexity index is 620. The second kappa shape index (κ2) is 6.13. The van der Waals surface area contributed by atoms with Gasteiger partial charge in [0.2, 0.25) is 0 Å². The second-order valence-corrected chi connectivity index (χ2v) is 5.32. The fraction of sp³-hybridized carbons (Fsp3) is 0.250. The van der Waals surface area contributed by atoms with Gasteiger partial charge in [0.25, 0.3) is 0 Å². The van der Waals surface area contributed by atoms with E-state index in [2.05, 4.69) is 5.32 Å². The Morgan fingerprint density at radius 2 is 1.95 bits per heavy atom. The van der Waals surface area contributed by atoms with Gasteiger partial charge in [-0.25, -0.2) is 4.39 Å². The molecule has 0 bridgehead atoms. The third kappa shape index (κ3) is 2.56. The molecule has 1 nitrogen and oxygen atoms in total. The zero-order valence-electron chi connectivity index (χ0n) is 11.2. The zero-order valence-corrected chi connectivity index (χ0v) is 12.7. The van der Waals surface area contributed by atoms with Gasteiger partial charge in [-0.3, -0.25) is 0 Å². The highest BCUT2D eigenvalue weighted by atomic mass is 35.5. The van der Waals surface area contributed by atoms with Crippen LogP contribution in [0.3, 0.4) is 0 Å². The largest absolute Gasteiger partial charge is 0.312 e. The van der Waals surface area contributed by atoms with Crippen LogP contribution in [0.2, 0.25) is 5.02 Å². The summed E-state index contributed by atoms with van der Waals surface area (Å²) in [7, 11) is 0. The Balaban J connectivity index is 0.00000147. The van der Waals surface area contributed by atoms with Crippen molar-refractivity contribution in [1.82, 2.24) is 5.32 Å². The summed E-state index contributed by atoms with van der Waals surface area (Å²) in [5.41, 5.74) is 4.89. The van der Waals surface area contributed by atoms with Gasteiger partial charge >= 0.3 is 0 Å². The summed E-state index contributed by atoms with van der Waals surface area (Å²) in [4.78, 5) is 0. The van der Waals surface area contributed by atoms with Gasteiger partial charge in [0.15, 0.2) is 0 Å². The molecule has 0 saturated carbocycles. The van der Waals surface area contributed by atoms with Crippen molar-refractivity contribution in [3.05, 3.63) is 57.9 Å². The lowest BCUT2D eigenvalue weighted by molar-refractivity contribution is 0.626. The molecule has 0 aliphatic carbocycles. The van der Waals surface area contributed by atoms with Gasteiger partial charge in [-0.15, -0.1) is 12.4 Å². The van der Waals surface area contributed by atoms with Crippen LogP contribution in [0.25, 0.3) is 11.1 Å². The predicted molar refractivity (Wildman–Crippen MR) is 84.2 cm³/mol. The van der Waals surface area contributed by atoms with Crippen molar-refractivity contribution in [2.24, 2.45) is 0 Å². The molecule has 1 aliphatic rings. The molecule has 0 unspecified atom stereocenters. The van der Waals surface area contributed by atoms with E-state index in [1.165, 1.54) is 6.07 Å². The summed E-state index contributed by atoms with van der Waals surface area (Å²) in [6, 6.07) is 9.01. The Morgan fingerprint density at radius 3 is 2.70 bits per heavy atom. The SMILES string of the molecule is Cc1cccc(F)c1-c1ccc(Cl)c2c1CNCC2.Cl. The molecule has 106 valence electrons. The lowest BCUT2D eigenvalue weighted by atomic mass is 9.90. The highest BCUT2D eigenvalue weighted by molar-refractivity contribution is 6.31. The Labute approximate surface area is 129 Å². The maximum atomic E-state index is 14.2. The van der Waals surface area contributed by atoms with E-state index in [0.29, 0.717) is 5.56 Å². The van der Waals surface area contributed by atoms with Crippen LogP contribution in [0.15, 0.2) is 30.3 Å². The molecular formula is C16H16Cl2FN. The van der Waals surface area contributed by atoms with E-state index < -0.39 is 0 Å². The van der Waals surface area contributed by atoms with Gasteiger partial charge in [-0.05, 0) is 54.3 Å². The van der Waals surface area contributed by atoms with Gasteiger partial charge in [0.05, 0.1) is 0 Å². The molecule has 3 rings (SSSR count). The van der Waals surface area contributed by atoms with E-state index in [4.69, 9.17) is 11.6 Å². The van der Waals surface area contributed by atoms with E-state index in [1.54, 1.807) is 6.07 Å². The van der Waals surface area contributed by atoms with Gasteiger partial charge in [-0.1, -0.05) is 29.8 Å². The predicted octanol–water partition coefficient (Wildman–Crippen LogP) is 4.52. The molecule has 20 heavy (non-hydrogen) atoms. The highest BCUT2D eigenvalue weighted by Gasteiger charge is 2.19. The van der Waals surface area contributed by atoms with Crippen LogP contribution in [0.1, 0.15) is 16.7 Å². The molecule has 1 heterocycles. The molecule has 0 amide bonds. The number of aryl methyl sites for hydroxylation is 1. The minimum Gasteiger partial charge on any atom is -0.312 e. The van der Waals surface area contributed by atoms with Crippen molar-refractivity contribution in [1.29, 1.82) is 0 Å². The minimum atomic E-state index is -0.171. The van der Waals surface area contributed by atoms with Crippen LogP contribution in [-0.2, 0) is 13.0 Å². The van der Waals surface area contributed by atoms with Crippen molar-refractivity contribution in [2.45, 2.75) is 19.9 Å². The first kappa shape index (κ1) is 15.3. The lowest BCUT2D eigenvalue weighted by Crippen LogP contribution is -2.24. The summed E-state index contributed by atoms with van der Waals surface area (Å²) < 4.78 is 14.2. The molecule has 1 N–H and O–H groups in total. The summed E-state index contributed by atoms with van der Waals surface area (Å²) in [5.74, 6) is -0.171. The van der Waals surface area contributed by atoms with Crippen LogP contribution in [-0.4, -0.2) is 6.54 Å². The smallest absolute Gasteiger partial charge is 0.131 e. The maximum Gasteiger partial charge on any atom is 0.131 e. The number of hydrogen-bond donors (Lipinski definition) is 1. The van der Waals surface area contributed by atoms with E-state index in [9.17, 15) is 4.39 Å². The molecule has 0 aromatic heterocycles. The second-order valence-electron chi connectivity index (χ2n) is 4.91. The Kier molecular flexibility index (Phi) is 4.69.